The molecule has 0 radical (unpaired) electrons. The number of benzene rings is 2. The molecule has 0 spiro atoms. The van der Waals surface area contributed by atoms with Crippen molar-refractivity contribution in [2.45, 2.75) is 19.4 Å². The summed E-state index contributed by atoms with van der Waals surface area (Å²) in [6.07, 6.45) is 0.904. The van der Waals surface area contributed by atoms with Crippen LogP contribution in [0, 0.1) is 11.3 Å². The van der Waals surface area contributed by atoms with Crippen LogP contribution < -0.4 is 0 Å². The minimum absolute atomic E-state index is 0.227. The van der Waals surface area contributed by atoms with E-state index in [1.165, 1.54) is 0 Å². The van der Waals surface area contributed by atoms with Crippen molar-refractivity contribution in [2.24, 2.45) is 0 Å². The van der Waals surface area contributed by atoms with E-state index in [-0.39, 0.29) is 12.6 Å². The number of thiazole rings is 1. The van der Waals surface area contributed by atoms with Crippen LogP contribution in [-0.4, -0.2) is 11.0 Å². The van der Waals surface area contributed by atoms with Gasteiger partial charge in [0.25, 0.3) is 0 Å². The second-order valence-corrected chi connectivity index (χ2v) is 6.16. The maximum Gasteiger partial charge on any atom is 0.306 e. The smallest absolute Gasteiger partial charge is 0.306 e. The Bertz CT molecular complexity index is 830. The summed E-state index contributed by atoms with van der Waals surface area (Å²) in [5.41, 5.74) is 2.44. The number of rotatable bonds is 5. The van der Waals surface area contributed by atoms with Crippen molar-refractivity contribution in [3.63, 3.8) is 0 Å². The first kappa shape index (κ1) is 15.2. The molecule has 0 fully saturated rings. The maximum absolute atomic E-state index is 11.8. The summed E-state index contributed by atoms with van der Waals surface area (Å²) >= 11 is 1.61. The monoisotopic (exact) mass is 322 g/mol. The molecule has 0 unspecified atom stereocenters. The van der Waals surface area contributed by atoms with E-state index in [0.29, 0.717) is 18.4 Å². The van der Waals surface area contributed by atoms with E-state index in [1.54, 1.807) is 35.6 Å². The Balaban J connectivity index is 1.50. The first-order valence-electron chi connectivity index (χ1n) is 7.24. The molecule has 1 heterocycles. The minimum Gasteiger partial charge on any atom is -0.461 e. The molecular weight excluding hydrogens is 308 g/mol. The molecule has 0 aliphatic heterocycles. The highest BCUT2D eigenvalue weighted by Crippen LogP contribution is 2.22. The molecule has 3 aromatic rings. The topological polar surface area (TPSA) is 63.0 Å². The number of aromatic nitrogens is 1. The quantitative estimate of drug-likeness (QED) is 0.669. The highest BCUT2D eigenvalue weighted by molar-refractivity contribution is 7.18. The van der Waals surface area contributed by atoms with E-state index >= 15 is 0 Å². The Morgan fingerprint density at radius 3 is 2.70 bits per heavy atom. The van der Waals surface area contributed by atoms with Crippen molar-refractivity contribution in [1.29, 1.82) is 5.26 Å². The minimum atomic E-state index is -0.242. The van der Waals surface area contributed by atoms with Gasteiger partial charge >= 0.3 is 5.97 Å². The molecule has 0 bridgehead atoms. The van der Waals surface area contributed by atoms with Crippen molar-refractivity contribution < 1.29 is 9.53 Å². The largest absolute Gasteiger partial charge is 0.461 e. The van der Waals surface area contributed by atoms with E-state index in [9.17, 15) is 4.79 Å². The fourth-order valence-electron chi connectivity index (χ4n) is 2.15. The fourth-order valence-corrected chi connectivity index (χ4v) is 3.11. The van der Waals surface area contributed by atoms with Gasteiger partial charge in [0.15, 0.2) is 0 Å². The van der Waals surface area contributed by atoms with Gasteiger partial charge in [-0.15, -0.1) is 11.3 Å². The molecular formula is C18H14N2O2S. The number of carbonyl (C=O) groups excluding carboxylic acids is 1. The first-order chi connectivity index (χ1) is 11.2. The van der Waals surface area contributed by atoms with Crippen LogP contribution in [0.3, 0.4) is 0 Å². The molecule has 0 aliphatic rings. The normalized spacial score (nSPS) is 10.4. The summed E-state index contributed by atoms with van der Waals surface area (Å²) in [6.45, 7) is 0.227. The lowest BCUT2D eigenvalue weighted by atomic mass is 10.2. The van der Waals surface area contributed by atoms with Gasteiger partial charge in [-0.05, 0) is 29.8 Å². The van der Waals surface area contributed by atoms with Gasteiger partial charge in [-0.1, -0.05) is 24.3 Å². The summed E-state index contributed by atoms with van der Waals surface area (Å²) in [7, 11) is 0. The van der Waals surface area contributed by atoms with Crippen LogP contribution in [0.4, 0.5) is 0 Å². The first-order valence-corrected chi connectivity index (χ1v) is 8.05. The van der Waals surface area contributed by atoms with Gasteiger partial charge in [-0.25, -0.2) is 4.98 Å². The van der Waals surface area contributed by atoms with Crippen LogP contribution in [0.25, 0.3) is 10.2 Å². The second-order valence-electron chi connectivity index (χ2n) is 5.04. The van der Waals surface area contributed by atoms with Crippen LogP contribution in [0.15, 0.2) is 48.5 Å². The van der Waals surface area contributed by atoms with Gasteiger partial charge in [-0.2, -0.15) is 5.26 Å². The van der Waals surface area contributed by atoms with Gasteiger partial charge in [0.05, 0.1) is 33.3 Å². The Morgan fingerprint density at radius 2 is 1.96 bits per heavy atom. The van der Waals surface area contributed by atoms with Gasteiger partial charge < -0.3 is 4.74 Å². The average Bonchev–Trinajstić information content (AvgIpc) is 3.01. The molecule has 0 N–H and O–H groups in total. The molecule has 114 valence electrons. The molecule has 1 aromatic heterocycles. The van der Waals surface area contributed by atoms with Crippen LogP contribution in [-0.2, 0) is 22.6 Å². The van der Waals surface area contributed by atoms with Crippen LogP contribution in [0.5, 0.6) is 0 Å². The number of hydrogen-bond donors (Lipinski definition) is 0. The fraction of sp³-hybridized carbons (Fsp3) is 0.167. The summed E-state index contributed by atoms with van der Waals surface area (Å²) in [6, 6.07) is 17.0. The van der Waals surface area contributed by atoms with Crippen molar-refractivity contribution in [2.75, 3.05) is 0 Å². The number of ether oxygens (including phenoxy) is 1. The summed E-state index contributed by atoms with van der Waals surface area (Å²) < 4.78 is 6.39. The molecule has 4 nitrogen and oxygen atoms in total. The van der Waals surface area contributed by atoms with E-state index < -0.39 is 0 Å². The van der Waals surface area contributed by atoms with Crippen LogP contribution in [0.2, 0.25) is 0 Å². The average molecular weight is 322 g/mol. The Kier molecular flexibility index (Phi) is 4.65. The van der Waals surface area contributed by atoms with Gasteiger partial charge in [0, 0.05) is 6.42 Å². The summed E-state index contributed by atoms with van der Waals surface area (Å²) in [5, 5.41) is 9.68. The highest BCUT2D eigenvalue weighted by atomic mass is 32.1. The number of fused-ring (bicyclic) bond motifs is 1. The predicted molar refractivity (Wildman–Crippen MR) is 88.9 cm³/mol. The van der Waals surface area contributed by atoms with Gasteiger partial charge in [0.2, 0.25) is 0 Å². The van der Waals surface area contributed by atoms with Gasteiger partial charge in [-0.3, -0.25) is 4.79 Å². The van der Waals surface area contributed by atoms with E-state index in [0.717, 1.165) is 20.8 Å². The molecule has 0 saturated heterocycles. The number of para-hydroxylation sites is 1. The highest BCUT2D eigenvalue weighted by Gasteiger charge is 2.08. The molecule has 5 heteroatoms. The van der Waals surface area contributed by atoms with Crippen LogP contribution in [0.1, 0.15) is 22.6 Å². The standard InChI is InChI=1S/C18H14N2O2S/c19-11-13-5-7-14(8-6-13)12-22-18(21)10-9-17-20-15-3-1-2-4-16(15)23-17/h1-8H,9-10,12H2. The van der Waals surface area contributed by atoms with Gasteiger partial charge in [0.1, 0.15) is 6.61 Å². The van der Waals surface area contributed by atoms with Crippen molar-refractivity contribution in [1.82, 2.24) is 4.98 Å². The number of nitrogens with zero attached hydrogens (tertiary/aromatic N) is 2. The maximum atomic E-state index is 11.8. The molecule has 0 saturated carbocycles. The van der Waals surface area contributed by atoms with Crippen molar-refractivity contribution >= 4 is 27.5 Å². The number of esters is 1. The molecule has 2 aromatic carbocycles. The molecule has 0 atom stereocenters. The third kappa shape index (κ3) is 3.93. The predicted octanol–water partition coefficient (Wildman–Crippen LogP) is 3.84. The number of hydrogen-bond acceptors (Lipinski definition) is 5. The molecule has 23 heavy (non-hydrogen) atoms. The number of nitriles is 1. The lowest BCUT2D eigenvalue weighted by Crippen LogP contribution is -2.05. The molecule has 3 rings (SSSR count). The zero-order chi connectivity index (χ0) is 16.1. The lowest BCUT2D eigenvalue weighted by molar-refractivity contribution is -0.144. The summed E-state index contributed by atoms with van der Waals surface area (Å²) in [4.78, 5) is 16.3. The number of aryl methyl sites for hydroxylation is 1. The summed E-state index contributed by atoms with van der Waals surface area (Å²) in [5.74, 6) is -0.242. The van der Waals surface area contributed by atoms with Crippen molar-refractivity contribution in [3.05, 3.63) is 64.7 Å². The second kappa shape index (κ2) is 7.03. The number of carbonyl (C=O) groups is 1. The third-order valence-electron chi connectivity index (χ3n) is 3.36. The Hall–Kier alpha value is -2.71. The zero-order valence-electron chi connectivity index (χ0n) is 12.4. The Labute approximate surface area is 138 Å². The van der Waals surface area contributed by atoms with E-state index in [4.69, 9.17) is 10.00 Å². The van der Waals surface area contributed by atoms with E-state index in [2.05, 4.69) is 11.1 Å². The van der Waals surface area contributed by atoms with Crippen molar-refractivity contribution in [3.8, 4) is 6.07 Å². The third-order valence-corrected chi connectivity index (χ3v) is 4.46. The molecule has 0 aliphatic carbocycles. The SMILES string of the molecule is N#Cc1ccc(COC(=O)CCc2nc3ccccc3s2)cc1. The van der Waals surface area contributed by atoms with E-state index in [1.807, 2.05) is 24.3 Å². The Morgan fingerprint density at radius 1 is 1.17 bits per heavy atom. The zero-order valence-corrected chi connectivity index (χ0v) is 13.2. The molecule has 0 amide bonds. The van der Waals surface area contributed by atoms with Crippen LogP contribution >= 0.6 is 11.3 Å². The lowest BCUT2D eigenvalue weighted by Gasteiger charge is -2.04.